The maximum absolute atomic E-state index is 4.66. The number of aromatic nitrogens is 1. The highest BCUT2D eigenvalue weighted by atomic mass is 14.8. The zero-order valence-corrected chi connectivity index (χ0v) is 15.2. The average Bonchev–Trinajstić information content (AvgIpc) is 3.10. The van der Waals surface area contributed by atoms with Crippen LogP contribution in [0.2, 0.25) is 0 Å². The van der Waals surface area contributed by atoms with E-state index in [1.165, 1.54) is 69.6 Å². The third-order valence-corrected chi connectivity index (χ3v) is 6.04. The second-order valence-electron chi connectivity index (χ2n) is 7.50. The van der Waals surface area contributed by atoms with Crippen molar-refractivity contribution >= 4 is 11.8 Å². The van der Waals surface area contributed by atoms with Crippen molar-refractivity contribution in [2.24, 2.45) is 10.9 Å². The first-order valence-corrected chi connectivity index (χ1v) is 9.06. The van der Waals surface area contributed by atoms with Gasteiger partial charge in [0.1, 0.15) is 0 Å². The fraction of sp³-hybridized carbons (Fsp3) is 0.409. The van der Waals surface area contributed by atoms with Gasteiger partial charge in [-0.25, -0.2) is 0 Å². The number of nitrogens with zero attached hydrogens (tertiary/aromatic N) is 1. The van der Waals surface area contributed by atoms with Crippen molar-refractivity contribution < 1.29 is 0 Å². The predicted molar refractivity (Wildman–Crippen MR) is 102 cm³/mol. The maximum atomic E-state index is 4.66. The lowest BCUT2D eigenvalue weighted by molar-refractivity contribution is 0.511. The first kappa shape index (κ1) is 15.4. The van der Waals surface area contributed by atoms with E-state index < -0.39 is 0 Å². The van der Waals surface area contributed by atoms with E-state index in [0.29, 0.717) is 0 Å². The summed E-state index contributed by atoms with van der Waals surface area (Å²) in [6.07, 6.45) is 13.9. The first-order valence-electron chi connectivity index (χ1n) is 9.06. The molecule has 0 aromatic carbocycles. The van der Waals surface area contributed by atoms with Crippen molar-refractivity contribution in [3.05, 3.63) is 63.2 Å². The van der Waals surface area contributed by atoms with E-state index in [2.05, 4.69) is 56.0 Å². The molecule has 24 heavy (non-hydrogen) atoms. The van der Waals surface area contributed by atoms with Gasteiger partial charge in [-0.2, -0.15) is 0 Å². The van der Waals surface area contributed by atoms with Crippen molar-refractivity contribution in [1.29, 1.82) is 0 Å². The number of nitrogens with one attached hydrogen (secondary N) is 1. The lowest BCUT2D eigenvalue weighted by Gasteiger charge is -2.29. The van der Waals surface area contributed by atoms with Gasteiger partial charge in [-0.1, -0.05) is 12.2 Å². The van der Waals surface area contributed by atoms with Crippen LogP contribution < -0.4 is 0 Å². The number of aryl methyl sites for hydroxylation is 1. The van der Waals surface area contributed by atoms with E-state index in [9.17, 15) is 0 Å². The fourth-order valence-electron chi connectivity index (χ4n) is 4.14. The smallest absolute Gasteiger partial charge is 0.0694 e. The van der Waals surface area contributed by atoms with Crippen molar-refractivity contribution in [3.8, 4) is 0 Å². The van der Waals surface area contributed by atoms with Crippen LogP contribution in [0.15, 0.2) is 51.3 Å². The summed E-state index contributed by atoms with van der Waals surface area (Å²) in [6, 6.07) is 0. The Morgan fingerprint density at radius 1 is 1.04 bits per heavy atom. The molecule has 1 aliphatic heterocycles. The van der Waals surface area contributed by atoms with Gasteiger partial charge in [-0.3, -0.25) is 4.99 Å². The van der Waals surface area contributed by atoms with Crippen molar-refractivity contribution in [2.75, 3.05) is 0 Å². The quantitative estimate of drug-likeness (QED) is 0.676. The van der Waals surface area contributed by atoms with Gasteiger partial charge in [0.05, 0.1) is 5.70 Å². The van der Waals surface area contributed by atoms with Crippen LogP contribution in [-0.4, -0.2) is 11.2 Å². The lowest BCUT2D eigenvalue weighted by atomic mass is 9.76. The highest BCUT2D eigenvalue weighted by molar-refractivity contribution is 5.85. The summed E-state index contributed by atoms with van der Waals surface area (Å²) in [7, 11) is 0. The summed E-state index contributed by atoms with van der Waals surface area (Å²) >= 11 is 0. The molecule has 0 amide bonds. The summed E-state index contributed by atoms with van der Waals surface area (Å²) in [4.78, 5) is 8.14. The van der Waals surface area contributed by atoms with E-state index in [1.54, 1.807) is 0 Å². The second kappa shape index (κ2) is 5.77. The van der Waals surface area contributed by atoms with Gasteiger partial charge in [-0.05, 0) is 98.3 Å². The van der Waals surface area contributed by atoms with E-state index in [4.69, 9.17) is 0 Å². The molecular weight excluding hydrogens is 292 g/mol. The zero-order valence-electron chi connectivity index (χ0n) is 15.2. The summed E-state index contributed by atoms with van der Waals surface area (Å²) < 4.78 is 0. The first-order chi connectivity index (χ1) is 11.5. The molecule has 4 rings (SSSR count). The molecule has 3 aliphatic rings. The zero-order chi connectivity index (χ0) is 16.8. The lowest BCUT2D eigenvalue weighted by Crippen LogP contribution is -2.14. The molecule has 2 nitrogen and oxygen atoms in total. The van der Waals surface area contributed by atoms with Crippen LogP contribution in [0.4, 0.5) is 0 Å². The van der Waals surface area contributed by atoms with Crippen molar-refractivity contribution in [2.45, 2.75) is 53.4 Å². The Hall–Kier alpha value is -2.09. The van der Waals surface area contributed by atoms with Gasteiger partial charge in [0.25, 0.3) is 0 Å². The van der Waals surface area contributed by atoms with Crippen LogP contribution in [-0.2, 0) is 0 Å². The normalized spacial score (nSPS) is 26.6. The minimum Gasteiger partial charge on any atom is -0.361 e. The Morgan fingerprint density at radius 2 is 1.83 bits per heavy atom. The van der Waals surface area contributed by atoms with Gasteiger partial charge in [0.2, 0.25) is 0 Å². The molecule has 0 fully saturated rings. The molecule has 2 heterocycles. The van der Waals surface area contributed by atoms with Crippen LogP contribution >= 0.6 is 0 Å². The van der Waals surface area contributed by atoms with Crippen LogP contribution in [0.5, 0.6) is 0 Å². The standard InChI is InChI=1S/C22H26N2/c1-13-11-23-21(15(13)3)18-7-5-17-6-8-19(10-20(17)9-18)22-16(4)14(2)12-24-22/h9-12,17,23H,5-8H2,1-4H3. The minimum atomic E-state index is 0.727. The molecule has 1 aromatic heterocycles. The van der Waals surface area contributed by atoms with E-state index >= 15 is 0 Å². The van der Waals surface area contributed by atoms with Gasteiger partial charge in [0.15, 0.2) is 0 Å². The average molecular weight is 318 g/mol. The maximum Gasteiger partial charge on any atom is 0.0694 e. The highest BCUT2D eigenvalue weighted by Gasteiger charge is 2.26. The second-order valence-corrected chi connectivity index (χ2v) is 7.50. The molecule has 0 radical (unpaired) electrons. The number of aliphatic imine (C=N–C) groups is 1. The molecule has 1 N–H and O–H groups in total. The summed E-state index contributed by atoms with van der Waals surface area (Å²) in [5.41, 5.74) is 12.3. The van der Waals surface area contributed by atoms with Gasteiger partial charge < -0.3 is 4.98 Å². The number of hydrogen-bond acceptors (Lipinski definition) is 1. The summed E-state index contributed by atoms with van der Waals surface area (Å²) in [5.74, 6) is 0.727. The largest absolute Gasteiger partial charge is 0.361 e. The van der Waals surface area contributed by atoms with Crippen LogP contribution in [0.3, 0.4) is 0 Å². The van der Waals surface area contributed by atoms with Crippen LogP contribution in [0.1, 0.15) is 56.4 Å². The Labute approximate surface area is 144 Å². The summed E-state index contributed by atoms with van der Waals surface area (Å²) in [5, 5.41) is 0. The van der Waals surface area contributed by atoms with Gasteiger partial charge >= 0.3 is 0 Å². The number of allylic oxidation sites excluding steroid dienone is 7. The van der Waals surface area contributed by atoms with Gasteiger partial charge in [0, 0.05) is 18.1 Å². The molecule has 0 bridgehead atoms. The third-order valence-electron chi connectivity index (χ3n) is 6.04. The topological polar surface area (TPSA) is 28.1 Å². The number of rotatable bonds is 1. The number of fused-ring (bicyclic) bond motifs is 1. The van der Waals surface area contributed by atoms with E-state index in [0.717, 1.165) is 12.3 Å². The Bertz CT molecular complexity index is 853. The number of hydrogen-bond donors (Lipinski definition) is 1. The minimum absolute atomic E-state index is 0.727. The molecule has 124 valence electrons. The van der Waals surface area contributed by atoms with Crippen molar-refractivity contribution in [1.82, 2.24) is 4.98 Å². The molecule has 1 atom stereocenters. The molecule has 1 aromatic rings. The molecule has 0 saturated heterocycles. The Morgan fingerprint density at radius 3 is 2.50 bits per heavy atom. The molecular formula is C22H26N2. The van der Waals surface area contributed by atoms with E-state index in [-0.39, 0.29) is 0 Å². The number of H-pyrrole nitrogens is 1. The monoisotopic (exact) mass is 318 g/mol. The SMILES string of the molecule is CC1=C(C)C(=C2C=C3C=C(c4[nH]cc(C)c4C)CCC3CC2)N=C1. The van der Waals surface area contributed by atoms with Crippen LogP contribution in [0.25, 0.3) is 5.57 Å². The molecule has 2 heteroatoms. The fourth-order valence-corrected chi connectivity index (χ4v) is 4.14. The highest BCUT2D eigenvalue weighted by Crippen LogP contribution is 2.42. The Kier molecular flexibility index (Phi) is 3.71. The van der Waals surface area contributed by atoms with Gasteiger partial charge in [-0.15, -0.1) is 0 Å². The molecule has 2 aliphatic carbocycles. The summed E-state index contributed by atoms with van der Waals surface area (Å²) in [6.45, 7) is 8.75. The molecule has 1 unspecified atom stereocenters. The number of aromatic amines is 1. The van der Waals surface area contributed by atoms with Crippen LogP contribution in [0, 0.1) is 19.8 Å². The molecule has 0 spiro atoms. The Balaban J connectivity index is 1.75. The van der Waals surface area contributed by atoms with Crippen molar-refractivity contribution in [3.63, 3.8) is 0 Å². The molecule has 0 saturated carbocycles. The third kappa shape index (κ3) is 2.45. The predicted octanol–water partition coefficient (Wildman–Crippen LogP) is 5.82. The van der Waals surface area contributed by atoms with E-state index in [1.807, 2.05) is 6.21 Å².